The first kappa shape index (κ1) is 13.2. The maximum Gasteiger partial charge on any atom is 0.406 e. The van der Waals surface area contributed by atoms with Crippen LogP contribution in [0.5, 0.6) is 0 Å². The number of aliphatic hydroxyl groups excluding tert-OH is 1. The maximum atomic E-state index is 12.6. The average Bonchev–Trinajstić information content (AvgIpc) is 3.21. The van der Waals surface area contributed by atoms with Crippen LogP contribution in [0.4, 0.5) is 18.3 Å². The molecular formula is C12H15F3N2OS. The van der Waals surface area contributed by atoms with Crippen molar-refractivity contribution in [3.05, 3.63) is 10.6 Å². The monoisotopic (exact) mass is 292 g/mol. The van der Waals surface area contributed by atoms with Crippen LogP contribution < -0.4 is 4.90 Å². The van der Waals surface area contributed by atoms with Gasteiger partial charge in [0.05, 0.1) is 17.2 Å². The van der Waals surface area contributed by atoms with Crippen LogP contribution in [0.2, 0.25) is 0 Å². The topological polar surface area (TPSA) is 36.4 Å². The van der Waals surface area contributed by atoms with Gasteiger partial charge in [0.15, 0.2) is 5.13 Å². The zero-order chi connectivity index (χ0) is 13.6. The first-order valence-corrected chi connectivity index (χ1v) is 7.23. The van der Waals surface area contributed by atoms with Crippen LogP contribution in [0.25, 0.3) is 0 Å². The number of hydrogen-bond donors (Lipinski definition) is 1. The van der Waals surface area contributed by atoms with E-state index in [9.17, 15) is 18.3 Å². The van der Waals surface area contributed by atoms with E-state index >= 15 is 0 Å². The lowest BCUT2D eigenvalue weighted by molar-refractivity contribution is -0.120. The molecule has 0 radical (unpaired) electrons. The fraction of sp³-hybridized carbons (Fsp3) is 0.750. The van der Waals surface area contributed by atoms with E-state index in [2.05, 4.69) is 4.98 Å². The molecule has 1 aromatic rings. The lowest BCUT2D eigenvalue weighted by atomic mass is 10.2. The molecule has 0 spiro atoms. The van der Waals surface area contributed by atoms with Crippen LogP contribution >= 0.6 is 11.3 Å². The Morgan fingerprint density at radius 2 is 1.95 bits per heavy atom. The molecule has 0 aromatic carbocycles. The summed E-state index contributed by atoms with van der Waals surface area (Å²) in [5.74, 6) is 0.346. The highest BCUT2D eigenvalue weighted by Gasteiger charge is 2.40. The Morgan fingerprint density at radius 1 is 1.26 bits per heavy atom. The predicted octanol–water partition coefficient (Wildman–Crippen LogP) is 3.04. The summed E-state index contributed by atoms with van der Waals surface area (Å²) >= 11 is 1.21. The van der Waals surface area contributed by atoms with E-state index in [0.29, 0.717) is 11.0 Å². The third-order valence-corrected chi connectivity index (χ3v) is 4.50. The fourth-order valence-electron chi connectivity index (χ4n) is 2.19. The van der Waals surface area contributed by atoms with Crippen LogP contribution in [-0.4, -0.2) is 28.9 Å². The molecule has 0 bridgehead atoms. The van der Waals surface area contributed by atoms with E-state index in [1.165, 1.54) is 16.2 Å². The van der Waals surface area contributed by atoms with Crippen LogP contribution in [0.15, 0.2) is 0 Å². The molecule has 1 heterocycles. The molecular weight excluding hydrogens is 277 g/mol. The minimum Gasteiger partial charge on any atom is -0.391 e. The van der Waals surface area contributed by atoms with E-state index < -0.39 is 12.7 Å². The van der Waals surface area contributed by atoms with Gasteiger partial charge >= 0.3 is 6.18 Å². The van der Waals surface area contributed by atoms with Gasteiger partial charge in [-0.15, -0.1) is 0 Å². The van der Waals surface area contributed by atoms with Crippen molar-refractivity contribution in [2.75, 3.05) is 11.4 Å². The first-order chi connectivity index (χ1) is 8.98. The van der Waals surface area contributed by atoms with E-state index in [-0.39, 0.29) is 12.6 Å². The van der Waals surface area contributed by atoms with E-state index in [1.54, 1.807) is 0 Å². The second-order valence-corrected chi connectivity index (χ2v) is 6.27. The summed E-state index contributed by atoms with van der Waals surface area (Å²) in [4.78, 5) is 6.46. The first-order valence-electron chi connectivity index (χ1n) is 6.42. The van der Waals surface area contributed by atoms with E-state index in [4.69, 9.17) is 0 Å². The SMILES string of the molecule is OCc1sc(N(CC(F)(F)F)C2CC2)nc1C1CC1. The summed E-state index contributed by atoms with van der Waals surface area (Å²) < 4.78 is 37.9. The molecule has 2 fully saturated rings. The number of hydrogen-bond acceptors (Lipinski definition) is 4. The maximum absolute atomic E-state index is 12.6. The summed E-state index contributed by atoms with van der Waals surface area (Å²) in [6.07, 6.45) is -0.573. The molecule has 0 unspecified atom stereocenters. The smallest absolute Gasteiger partial charge is 0.391 e. The largest absolute Gasteiger partial charge is 0.406 e. The summed E-state index contributed by atoms with van der Waals surface area (Å²) in [6.45, 7) is -1.08. The molecule has 1 aromatic heterocycles. The molecule has 0 aliphatic heterocycles. The van der Waals surface area contributed by atoms with Crippen molar-refractivity contribution >= 4 is 16.5 Å². The van der Waals surface area contributed by atoms with Crippen molar-refractivity contribution in [1.29, 1.82) is 0 Å². The summed E-state index contributed by atoms with van der Waals surface area (Å²) in [6, 6.07) is -0.0358. The van der Waals surface area contributed by atoms with Gasteiger partial charge in [-0.2, -0.15) is 13.2 Å². The van der Waals surface area contributed by atoms with Crippen LogP contribution in [0, 0.1) is 0 Å². The Hall–Kier alpha value is -0.820. The average molecular weight is 292 g/mol. The van der Waals surface area contributed by atoms with Crippen molar-refractivity contribution in [1.82, 2.24) is 4.98 Å². The minimum atomic E-state index is -4.21. The van der Waals surface area contributed by atoms with Gasteiger partial charge in [-0.05, 0) is 25.7 Å². The Kier molecular flexibility index (Phi) is 3.21. The molecule has 0 atom stereocenters. The minimum absolute atomic E-state index is 0.0358. The Balaban J connectivity index is 1.85. The molecule has 2 saturated carbocycles. The number of thiazole rings is 1. The number of aromatic nitrogens is 1. The second kappa shape index (κ2) is 4.63. The molecule has 3 rings (SSSR count). The van der Waals surface area contributed by atoms with Gasteiger partial charge in [-0.1, -0.05) is 11.3 Å². The molecule has 7 heteroatoms. The zero-order valence-corrected chi connectivity index (χ0v) is 11.1. The van der Waals surface area contributed by atoms with E-state index in [1.807, 2.05) is 0 Å². The van der Waals surface area contributed by atoms with Crippen molar-refractivity contribution < 1.29 is 18.3 Å². The van der Waals surface area contributed by atoms with Gasteiger partial charge in [0.2, 0.25) is 0 Å². The highest BCUT2D eigenvalue weighted by molar-refractivity contribution is 7.15. The van der Waals surface area contributed by atoms with Crippen LogP contribution in [0.3, 0.4) is 0 Å². The van der Waals surface area contributed by atoms with Crippen molar-refractivity contribution in [2.45, 2.75) is 50.4 Å². The van der Waals surface area contributed by atoms with Crippen LogP contribution in [-0.2, 0) is 6.61 Å². The normalized spacial score (nSPS) is 19.8. The number of halogens is 3. The van der Waals surface area contributed by atoms with Crippen molar-refractivity contribution in [3.63, 3.8) is 0 Å². The molecule has 3 nitrogen and oxygen atoms in total. The third-order valence-electron chi connectivity index (χ3n) is 3.41. The van der Waals surface area contributed by atoms with Crippen LogP contribution in [0.1, 0.15) is 42.2 Å². The molecule has 2 aliphatic rings. The van der Waals surface area contributed by atoms with Gasteiger partial charge in [-0.25, -0.2) is 4.98 Å². The van der Waals surface area contributed by atoms with Gasteiger partial charge in [0.25, 0.3) is 0 Å². The second-order valence-electron chi connectivity index (χ2n) is 5.21. The van der Waals surface area contributed by atoms with Gasteiger partial charge in [0, 0.05) is 12.0 Å². The lowest BCUT2D eigenvalue weighted by Gasteiger charge is -2.22. The lowest BCUT2D eigenvalue weighted by Crippen LogP contribution is -2.35. The van der Waals surface area contributed by atoms with Crippen molar-refractivity contribution in [2.24, 2.45) is 0 Å². The summed E-state index contributed by atoms with van der Waals surface area (Å²) in [5, 5.41) is 9.73. The Morgan fingerprint density at radius 3 is 2.42 bits per heavy atom. The predicted molar refractivity (Wildman–Crippen MR) is 66.4 cm³/mol. The van der Waals surface area contributed by atoms with Gasteiger partial charge in [0.1, 0.15) is 6.54 Å². The Bertz CT molecular complexity index is 466. The molecule has 106 valence electrons. The summed E-state index contributed by atoms with van der Waals surface area (Å²) in [5.41, 5.74) is 0.815. The zero-order valence-electron chi connectivity index (χ0n) is 10.3. The van der Waals surface area contributed by atoms with Gasteiger partial charge in [-0.3, -0.25) is 0 Å². The van der Waals surface area contributed by atoms with Crippen molar-refractivity contribution in [3.8, 4) is 0 Å². The fourth-order valence-corrected chi connectivity index (χ4v) is 3.27. The third kappa shape index (κ3) is 3.02. The Labute approximate surface area is 113 Å². The highest BCUT2D eigenvalue weighted by Crippen LogP contribution is 2.45. The molecule has 0 saturated heterocycles. The highest BCUT2D eigenvalue weighted by atomic mass is 32.1. The summed E-state index contributed by atoms with van der Waals surface area (Å²) in [7, 11) is 0. The number of aliphatic hydroxyl groups is 1. The van der Waals surface area contributed by atoms with E-state index in [0.717, 1.165) is 36.3 Å². The molecule has 2 aliphatic carbocycles. The number of alkyl halides is 3. The molecule has 19 heavy (non-hydrogen) atoms. The number of rotatable bonds is 5. The quantitative estimate of drug-likeness (QED) is 0.906. The number of anilines is 1. The molecule has 1 N–H and O–H groups in total. The molecule has 0 amide bonds. The number of nitrogens with zero attached hydrogens (tertiary/aromatic N) is 2. The standard InChI is InChI=1S/C12H15F3N2OS/c13-12(14,15)6-17(8-3-4-8)11-16-10(7-1-2-7)9(5-18)19-11/h7-8,18H,1-6H2. The van der Waals surface area contributed by atoms with Gasteiger partial charge < -0.3 is 10.0 Å².